The van der Waals surface area contributed by atoms with E-state index in [-0.39, 0.29) is 23.5 Å². The fraction of sp³-hybridized carbons (Fsp3) is 0.727. The highest BCUT2D eigenvalue weighted by atomic mass is 16.6. The predicted octanol–water partition coefficient (Wildman–Crippen LogP) is 1.21. The summed E-state index contributed by atoms with van der Waals surface area (Å²) in [5, 5.41) is 9.83. The van der Waals surface area contributed by atoms with Crippen molar-refractivity contribution in [2.24, 2.45) is 11.8 Å². The van der Waals surface area contributed by atoms with E-state index in [1.54, 1.807) is 0 Å². The van der Waals surface area contributed by atoms with Crippen molar-refractivity contribution < 1.29 is 9.42 Å². The summed E-state index contributed by atoms with van der Waals surface area (Å²) >= 11 is 0. The van der Waals surface area contributed by atoms with E-state index < -0.39 is 0 Å². The van der Waals surface area contributed by atoms with Gasteiger partial charge in [-0.15, -0.1) is 0 Å². The number of amides is 1. The molecule has 2 unspecified atom stereocenters. The van der Waals surface area contributed by atoms with Crippen LogP contribution in [0.15, 0.2) is 4.63 Å². The van der Waals surface area contributed by atoms with E-state index in [0.29, 0.717) is 11.8 Å². The van der Waals surface area contributed by atoms with Crippen molar-refractivity contribution >= 4 is 11.7 Å². The lowest BCUT2D eigenvalue weighted by molar-refractivity contribution is 0.0902. The number of nitrogens with zero attached hydrogens (tertiary/aromatic N) is 2. The highest BCUT2D eigenvalue weighted by Crippen LogP contribution is 2.28. The molecule has 0 saturated heterocycles. The molecule has 1 saturated carbocycles. The number of nitrogen functional groups attached to an aromatic ring is 1. The molecular weight excluding hydrogens is 220 g/mol. The van der Waals surface area contributed by atoms with Gasteiger partial charge in [-0.25, -0.2) is 4.63 Å². The molecule has 94 valence electrons. The molecule has 1 amide bonds. The molecule has 0 spiro atoms. The van der Waals surface area contributed by atoms with Crippen LogP contribution in [0.25, 0.3) is 0 Å². The molecule has 0 aliphatic heterocycles. The maximum absolute atomic E-state index is 11.9. The van der Waals surface area contributed by atoms with Gasteiger partial charge < -0.3 is 11.1 Å². The van der Waals surface area contributed by atoms with E-state index in [9.17, 15) is 4.79 Å². The van der Waals surface area contributed by atoms with Gasteiger partial charge in [-0.05, 0) is 41.4 Å². The standard InChI is InChI=1S/C11H18N4O2/c1-6-3-7(2)5-8(4-6)13-11(16)9-10(12)15-17-14-9/h6-8H,3-5H2,1-2H3,(H2,12,15)(H,13,16). The molecule has 6 heteroatoms. The van der Waals surface area contributed by atoms with Crippen molar-refractivity contribution in [3.05, 3.63) is 5.69 Å². The summed E-state index contributed by atoms with van der Waals surface area (Å²) in [6, 6.07) is 0.192. The minimum absolute atomic E-state index is 0.0411. The minimum Gasteiger partial charge on any atom is -0.379 e. The van der Waals surface area contributed by atoms with Crippen LogP contribution in [0.4, 0.5) is 5.82 Å². The third-order valence-electron chi connectivity index (χ3n) is 3.24. The Labute approximate surface area is 99.9 Å². The number of nitrogens with one attached hydrogen (secondary N) is 1. The molecule has 1 aromatic heterocycles. The molecule has 1 aliphatic rings. The SMILES string of the molecule is CC1CC(C)CC(NC(=O)c2nonc2N)C1. The number of nitrogens with two attached hydrogens (primary N) is 1. The van der Waals surface area contributed by atoms with E-state index in [1.165, 1.54) is 6.42 Å². The maximum atomic E-state index is 11.9. The molecule has 1 heterocycles. The second-order valence-corrected chi connectivity index (χ2v) is 5.09. The monoisotopic (exact) mass is 238 g/mol. The summed E-state index contributed by atoms with van der Waals surface area (Å²) in [6.07, 6.45) is 3.22. The van der Waals surface area contributed by atoms with Crippen LogP contribution in [0.5, 0.6) is 0 Å². The smallest absolute Gasteiger partial charge is 0.277 e. The fourth-order valence-electron chi connectivity index (χ4n) is 2.67. The molecule has 0 radical (unpaired) electrons. The zero-order valence-electron chi connectivity index (χ0n) is 10.1. The summed E-state index contributed by atoms with van der Waals surface area (Å²) in [5.74, 6) is 1.02. The van der Waals surface area contributed by atoms with Gasteiger partial charge in [-0.1, -0.05) is 13.8 Å². The zero-order valence-corrected chi connectivity index (χ0v) is 10.1. The number of rotatable bonds is 2. The molecule has 17 heavy (non-hydrogen) atoms. The lowest BCUT2D eigenvalue weighted by atomic mass is 9.80. The molecule has 0 bridgehead atoms. The van der Waals surface area contributed by atoms with Crippen molar-refractivity contribution in [1.29, 1.82) is 0 Å². The van der Waals surface area contributed by atoms with E-state index in [1.807, 2.05) is 0 Å². The lowest BCUT2D eigenvalue weighted by Gasteiger charge is -2.31. The second kappa shape index (κ2) is 4.73. The molecular formula is C11H18N4O2. The molecule has 6 nitrogen and oxygen atoms in total. The zero-order chi connectivity index (χ0) is 12.4. The van der Waals surface area contributed by atoms with Gasteiger partial charge in [0.15, 0.2) is 0 Å². The summed E-state index contributed by atoms with van der Waals surface area (Å²) in [4.78, 5) is 11.9. The van der Waals surface area contributed by atoms with Crippen molar-refractivity contribution in [1.82, 2.24) is 15.6 Å². The summed E-state index contributed by atoms with van der Waals surface area (Å²) in [6.45, 7) is 4.42. The van der Waals surface area contributed by atoms with Gasteiger partial charge in [0.2, 0.25) is 11.5 Å². The Bertz CT molecular complexity index is 394. The van der Waals surface area contributed by atoms with Gasteiger partial charge in [-0.3, -0.25) is 4.79 Å². The Balaban J connectivity index is 1.97. The van der Waals surface area contributed by atoms with Crippen molar-refractivity contribution in [2.45, 2.75) is 39.2 Å². The van der Waals surface area contributed by atoms with E-state index in [2.05, 4.69) is 34.1 Å². The number of carbonyl (C=O) groups is 1. The third-order valence-corrected chi connectivity index (χ3v) is 3.24. The first kappa shape index (κ1) is 11.9. The fourth-order valence-corrected chi connectivity index (χ4v) is 2.67. The highest BCUT2D eigenvalue weighted by molar-refractivity contribution is 5.96. The molecule has 2 atom stereocenters. The van der Waals surface area contributed by atoms with Crippen LogP contribution in [0.1, 0.15) is 43.6 Å². The van der Waals surface area contributed by atoms with Gasteiger partial charge in [-0.2, -0.15) is 0 Å². The predicted molar refractivity (Wildman–Crippen MR) is 62.1 cm³/mol. The molecule has 3 N–H and O–H groups in total. The van der Waals surface area contributed by atoms with Gasteiger partial charge in [0.25, 0.3) is 5.91 Å². The van der Waals surface area contributed by atoms with Crippen LogP contribution < -0.4 is 11.1 Å². The highest BCUT2D eigenvalue weighted by Gasteiger charge is 2.27. The topological polar surface area (TPSA) is 94.0 Å². The van der Waals surface area contributed by atoms with Gasteiger partial charge in [0.1, 0.15) is 0 Å². The number of hydrogen-bond donors (Lipinski definition) is 2. The first-order valence-corrected chi connectivity index (χ1v) is 5.95. The molecule has 1 aromatic rings. The summed E-state index contributed by atoms with van der Waals surface area (Å²) in [7, 11) is 0. The molecule has 1 aliphatic carbocycles. The Morgan fingerprint density at radius 1 is 1.29 bits per heavy atom. The van der Waals surface area contributed by atoms with Gasteiger partial charge in [0.05, 0.1) is 0 Å². The van der Waals surface area contributed by atoms with Crippen molar-refractivity contribution in [3.63, 3.8) is 0 Å². The third kappa shape index (κ3) is 2.75. The van der Waals surface area contributed by atoms with Crippen molar-refractivity contribution in [3.8, 4) is 0 Å². The Morgan fingerprint density at radius 2 is 1.94 bits per heavy atom. The minimum atomic E-state index is -0.296. The summed E-state index contributed by atoms with van der Waals surface area (Å²) in [5.41, 5.74) is 5.55. The number of carbonyl (C=O) groups excluding carboxylic acids is 1. The van der Waals surface area contributed by atoms with Crippen LogP contribution in [-0.2, 0) is 0 Å². The Kier molecular flexibility index (Phi) is 3.31. The van der Waals surface area contributed by atoms with E-state index in [4.69, 9.17) is 5.73 Å². The van der Waals surface area contributed by atoms with E-state index >= 15 is 0 Å². The van der Waals surface area contributed by atoms with Crippen LogP contribution in [0, 0.1) is 11.8 Å². The van der Waals surface area contributed by atoms with Gasteiger partial charge in [0, 0.05) is 6.04 Å². The van der Waals surface area contributed by atoms with Crippen LogP contribution in [0.3, 0.4) is 0 Å². The number of aromatic nitrogens is 2. The van der Waals surface area contributed by atoms with Crippen LogP contribution in [0.2, 0.25) is 0 Å². The Hall–Kier alpha value is -1.59. The number of hydrogen-bond acceptors (Lipinski definition) is 5. The Morgan fingerprint density at radius 3 is 2.47 bits per heavy atom. The van der Waals surface area contributed by atoms with Gasteiger partial charge >= 0.3 is 0 Å². The first-order valence-electron chi connectivity index (χ1n) is 5.95. The van der Waals surface area contributed by atoms with E-state index in [0.717, 1.165) is 12.8 Å². The molecule has 0 aromatic carbocycles. The van der Waals surface area contributed by atoms with Crippen LogP contribution in [-0.4, -0.2) is 22.3 Å². The molecule has 1 fully saturated rings. The number of anilines is 1. The first-order chi connectivity index (χ1) is 8.06. The summed E-state index contributed by atoms with van der Waals surface area (Å²) < 4.78 is 4.41. The molecule has 2 rings (SSSR count). The normalized spacial score (nSPS) is 28.9. The maximum Gasteiger partial charge on any atom is 0.277 e. The van der Waals surface area contributed by atoms with Crippen molar-refractivity contribution in [2.75, 3.05) is 5.73 Å². The van der Waals surface area contributed by atoms with Crippen LogP contribution >= 0.6 is 0 Å². The average molecular weight is 238 g/mol. The second-order valence-electron chi connectivity index (χ2n) is 5.09. The average Bonchev–Trinajstić information content (AvgIpc) is 2.62. The lowest BCUT2D eigenvalue weighted by Crippen LogP contribution is -2.40. The quantitative estimate of drug-likeness (QED) is 0.807. The largest absolute Gasteiger partial charge is 0.379 e.